The monoisotopic (exact) mass is 650 g/mol. The summed E-state index contributed by atoms with van der Waals surface area (Å²) in [6.45, 7) is 0. The van der Waals surface area contributed by atoms with Crippen LogP contribution in [0.15, 0.2) is 182 Å². The standard InChI is InChI=1S/C47H30N4/c1-3-14-33-28-36(26-24-31(33)12-1)45-48-46(37-27-25-32-13-2-4-15-34(32)29-37)50-47(49-45)42-21-6-5-18-39(42)35-16-11-17-38(30-35)51-43-22-9-7-19-40(43)41-20-8-10-23-44(41)51/h1-30H. The van der Waals surface area contributed by atoms with E-state index in [4.69, 9.17) is 15.0 Å². The Hall–Kier alpha value is -6.91. The fourth-order valence-corrected chi connectivity index (χ4v) is 7.35. The Morgan fingerprint density at radius 2 is 0.804 bits per heavy atom. The molecule has 0 spiro atoms. The molecule has 2 heterocycles. The van der Waals surface area contributed by atoms with E-state index in [0.29, 0.717) is 17.5 Å². The van der Waals surface area contributed by atoms with Crippen molar-refractivity contribution in [1.29, 1.82) is 0 Å². The normalized spacial score (nSPS) is 11.5. The quantitative estimate of drug-likeness (QED) is 0.186. The molecule has 4 nitrogen and oxygen atoms in total. The first-order valence-electron chi connectivity index (χ1n) is 17.2. The molecule has 0 saturated carbocycles. The van der Waals surface area contributed by atoms with Gasteiger partial charge in [0.1, 0.15) is 0 Å². The fraction of sp³-hybridized carbons (Fsp3) is 0. The molecule has 0 aliphatic rings. The molecular formula is C47H30N4. The first-order valence-corrected chi connectivity index (χ1v) is 17.2. The molecule has 51 heavy (non-hydrogen) atoms. The predicted molar refractivity (Wildman–Crippen MR) is 211 cm³/mol. The highest BCUT2D eigenvalue weighted by Crippen LogP contribution is 2.36. The lowest BCUT2D eigenvalue weighted by Gasteiger charge is -2.14. The first-order chi connectivity index (χ1) is 25.3. The van der Waals surface area contributed by atoms with E-state index in [1.807, 2.05) is 0 Å². The number of para-hydroxylation sites is 2. The Morgan fingerprint density at radius 1 is 0.314 bits per heavy atom. The number of fused-ring (bicyclic) bond motifs is 5. The summed E-state index contributed by atoms with van der Waals surface area (Å²) in [6.07, 6.45) is 0. The molecule has 4 heteroatoms. The van der Waals surface area contributed by atoms with E-state index in [-0.39, 0.29) is 0 Å². The second-order valence-electron chi connectivity index (χ2n) is 12.9. The molecule has 0 aliphatic heterocycles. The third-order valence-electron chi connectivity index (χ3n) is 9.81. The van der Waals surface area contributed by atoms with Gasteiger partial charge in [-0.3, -0.25) is 0 Å². The Kier molecular flexibility index (Phi) is 6.78. The lowest BCUT2D eigenvalue weighted by molar-refractivity contribution is 1.08. The number of nitrogens with zero attached hydrogens (tertiary/aromatic N) is 4. The van der Waals surface area contributed by atoms with Crippen LogP contribution in [0.1, 0.15) is 0 Å². The molecule has 0 unspecified atom stereocenters. The summed E-state index contributed by atoms with van der Waals surface area (Å²) >= 11 is 0. The molecular weight excluding hydrogens is 621 g/mol. The SMILES string of the molecule is c1cc(-c2ccccc2-c2nc(-c3ccc4ccccc4c3)nc(-c3ccc4ccccc4c3)n2)cc(-n2c3ccccc3c3ccccc32)c1. The molecule has 10 rings (SSSR count). The largest absolute Gasteiger partial charge is 0.309 e. The second kappa shape index (κ2) is 11.9. The lowest BCUT2D eigenvalue weighted by Crippen LogP contribution is -2.01. The van der Waals surface area contributed by atoms with Gasteiger partial charge in [-0.15, -0.1) is 0 Å². The van der Waals surface area contributed by atoms with E-state index in [2.05, 4.69) is 187 Å². The smallest absolute Gasteiger partial charge is 0.164 e. The van der Waals surface area contributed by atoms with Crippen molar-refractivity contribution in [2.75, 3.05) is 0 Å². The van der Waals surface area contributed by atoms with E-state index in [1.165, 1.54) is 32.6 Å². The Bertz CT molecular complexity index is 2790. The highest BCUT2D eigenvalue weighted by atomic mass is 15.0. The van der Waals surface area contributed by atoms with Gasteiger partial charge in [0.15, 0.2) is 17.5 Å². The topological polar surface area (TPSA) is 43.6 Å². The fourth-order valence-electron chi connectivity index (χ4n) is 7.35. The first kappa shape index (κ1) is 29.0. The van der Waals surface area contributed by atoms with Gasteiger partial charge >= 0.3 is 0 Å². The van der Waals surface area contributed by atoms with Crippen LogP contribution in [0.2, 0.25) is 0 Å². The maximum Gasteiger partial charge on any atom is 0.164 e. The lowest BCUT2D eigenvalue weighted by atomic mass is 9.98. The number of hydrogen-bond acceptors (Lipinski definition) is 3. The third kappa shape index (κ3) is 5.04. The zero-order valence-electron chi connectivity index (χ0n) is 27.6. The summed E-state index contributed by atoms with van der Waals surface area (Å²) in [7, 11) is 0. The third-order valence-corrected chi connectivity index (χ3v) is 9.81. The van der Waals surface area contributed by atoms with Crippen molar-refractivity contribution in [3.05, 3.63) is 182 Å². The number of hydrogen-bond donors (Lipinski definition) is 0. The molecule has 0 saturated heterocycles. The highest BCUT2D eigenvalue weighted by Gasteiger charge is 2.18. The molecule has 2 aromatic heterocycles. The Balaban J connectivity index is 1.16. The summed E-state index contributed by atoms with van der Waals surface area (Å²) in [4.78, 5) is 15.5. The average Bonchev–Trinajstić information content (AvgIpc) is 3.55. The van der Waals surface area contributed by atoms with Crippen molar-refractivity contribution in [2.24, 2.45) is 0 Å². The summed E-state index contributed by atoms with van der Waals surface area (Å²) < 4.78 is 2.36. The summed E-state index contributed by atoms with van der Waals surface area (Å²) in [5.41, 5.74) is 8.45. The van der Waals surface area contributed by atoms with Crippen LogP contribution in [0, 0.1) is 0 Å². The van der Waals surface area contributed by atoms with Crippen molar-refractivity contribution >= 4 is 43.4 Å². The van der Waals surface area contributed by atoms with Gasteiger partial charge in [-0.25, -0.2) is 15.0 Å². The van der Waals surface area contributed by atoms with Gasteiger partial charge in [0.05, 0.1) is 11.0 Å². The average molecular weight is 651 g/mol. The van der Waals surface area contributed by atoms with Crippen molar-refractivity contribution in [2.45, 2.75) is 0 Å². The van der Waals surface area contributed by atoms with E-state index in [9.17, 15) is 0 Å². The summed E-state index contributed by atoms with van der Waals surface area (Å²) in [5.74, 6) is 1.92. The second-order valence-corrected chi connectivity index (χ2v) is 12.9. The van der Waals surface area contributed by atoms with Crippen LogP contribution >= 0.6 is 0 Å². The van der Waals surface area contributed by atoms with Crippen molar-refractivity contribution in [3.8, 4) is 51.0 Å². The Morgan fingerprint density at radius 3 is 1.41 bits per heavy atom. The molecule has 0 amide bonds. The van der Waals surface area contributed by atoms with E-state index in [0.717, 1.165) is 44.3 Å². The van der Waals surface area contributed by atoms with Crippen LogP contribution in [0.5, 0.6) is 0 Å². The van der Waals surface area contributed by atoms with E-state index >= 15 is 0 Å². The molecule has 0 aliphatic carbocycles. The van der Waals surface area contributed by atoms with E-state index in [1.54, 1.807) is 0 Å². The summed E-state index contributed by atoms with van der Waals surface area (Å²) in [5, 5.41) is 7.13. The van der Waals surface area contributed by atoms with Crippen LogP contribution in [0.3, 0.4) is 0 Å². The molecule has 8 aromatic carbocycles. The van der Waals surface area contributed by atoms with Gasteiger partial charge in [-0.05, 0) is 69.1 Å². The Labute approximate surface area is 295 Å². The minimum Gasteiger partial charge on any atom is -0.309 e. The van der Waals surface area contributed by atoms with Gasteiger partial charge in [-0.1, -0.05) is 146 Å². The summed E-state index contributed by atoms with van der Waals surface area (Å²) in [6, 6.07) is 64.0. The van der Waals surface area contributed by atoms with Gasteiger partial charge < -0.3 is 4.57 Å². The zero-order valence-corrected chi connectivity index (χ0v) is 27.6. The molecule has 0 N–H and O–H groups in total. The number of rotatable bonds is 5. The number of aromatic nitrogens is 4. The zero-order chi connectivity index (χ0) is 33.7. The molecule has 0 atom stereocenters. The molecule has 0 bridgehead atoms. The van der Waals surface area contributed by atoms with Gasteiger partial charge in [-0.2, -0.15) is 0 Å². The predicted octanol–water partition coefficient (Wildman–Crippen LogP) is 11.9. The van der Waals surface area contributed by atoms with Gasteiger partial charge in [0.25, 0.3) is 0 Å². The van der Waals surface area contributed by atoms with Crippen molar-refractivity contribution in [3.63, 3.8) is 0 Å². The maximum atomic E-state index is 5.18. The van der Waals surface area contributed by atoms with Gasteiger partial charge in [0, 0.05) is 33.2 Å². The maximum absolute atomic E-state index is 5.18. The van der Waals surface area contributed by atoms with Crippen molar-refractivity contribution in [1.82, 2.24) is 19.5 Å². The van der Waals surface area contributed by atoms with Crippen LogP contribution in [-0.2, 0) is 0 Å². The molecule has 10 aromatic rings. The minimum absolute atomic E-state index is 0.634. The highest BCUT2D eigenvalue weighted by molar-refractivity contribution is 6.09. The minimum atomic E-state index is 0.634. The van der Waals surface area contributed by atoms with Crippen LogP contribution in [-0.4, -0.2) is 19.5 Å². The van der Waals surface area contributed by atoms with Crippen LogP contribution < -0.4 is 0 Å². The van der Waals surface area contributed by atoms with Crippen LogP contribution in [0.4, 0.5) is 0 Å². The van der Waals surface area contributed by atoms with E-state index < -0.39 is 0 Å². The molecule has 0 radical (unpaired) electrons. The van der Waals surface area contributed by atoms with Crippen LogP contribution in [0.25, 0.3) is 94.3 Å². The molecule has 238 valence electrons. The molecule has 0 fully saturated rings. The van der Waals surface area contributed by atoms with Gasteiger partial charge in [0.2, 0.25) is 0 Å². The van der Waals surface area contributed by atoms with Crippen molar-refractivity contribution < 1.29 is 0 Å². The number of benzene rings is 8.